The van der Waals surface area contributed by atoms with Gasteiger partial charge in [-0.05, 0) is 66.2 Å². The summed E-state index contributed by atoms with van der Waals surface area (Å²) < 4.78 is 34.0. The lowest BCUT2D eigenvalue weighted by Crippen LogP contribution is -2.68. The van der Waals surface area contributed by atoms with E-state index < -0.39 is 17.5 Å². The van der Waals surface area contributed by atoms with Crippen molar-refractivity contribution in [3.05, 3.63) is 167 Å². The highest BCUT2D eigenvalue weighted by Gasteiger charge is 2.52. The van der Waals surface area contributed by atoms with Gasteiger partial charge >= 0.3 is 0 Å². The molecule has 0 spiro atoms. The number of hydrogen-bond donors (Lipinski definition) is 1. The van der Waals surface area contributed by atoms with E-state index in [1.165, 1.54) is 0 Å². The molecule has 0 bridgehead atoms. The molecule has 0 fully saturated rings. The summed E-state index contributed by atoms with van der Waals surface area (Å²) in [7, 11) is -7.63. The summed E-state index contributed by atoms with van der Waals surface area (Å²) >= 11 is 13.6. The van der Waals surface area contributed by atoms with Crippen molar-refractivity contribution in [2.75, 3.05) is 0 Å². The van der Waals surface area contributed by atoms with Crippen molar-refractivity contribution in [2.45, 2.75) is 0 Å². The van der Waals surface area contributed by atoms with Crippen LogP contribution in [0.25, 0.3) is 5.03 Å². The van der Waals surface area contributed by atoms with Crippen molar-refractivity contribution in [2.24, 2.45) is 0 Å². The van der Waals surface area contributed by atoms with Gasteiger partial charge in [-0.3, -0.25) is 10.1 Å². The number of benzene rings is 5. The maximum atomic E-state index is 13.8. The molecule has 0 radical (unpaired) electrons. The second kappa shape index (κ2) is 14.8. The molecular weight excluding hydrogens is 628 g/mol. The van der Waals surface area contributed by atoms with Crippen LogP contribution >= 0.6 is 30.5 Å². The fourth-order valence-electron chi connectivity index (χ4n) is 4.58. The Hall–Kier alpha value is -3.55. The number of hydrogen-bond acceptors (Lipinski definition) is 5. The summed E-state index contributed by atoms with van der Waals surface area (Å²) in [6.45, 7) is 0. The first-order chi connectivity index (χ1) is 20.6. The van der Waals surface area contributed by atoms with E-state index in [1.807, 2.05) is 97.1 Å². The van der Waals surface area contributed by atoms with Gasteiger partial charge in [0.05, 0.1) is 0 Å². The van der Waals surface area contributed by atoms with E-state index in [-0.39, 0.29) is 5.91 Å². The first kappa shape index (κ1) is 32.4. The van der Waals surface area contributed by atoms with Gasteiger partial charge in [0.25, 0.3) is 5.91 Å². The van der Waals surface area contributed by atoms with Crippen LogP contribution in [0.4, 0.5) is 0 Å². The van der Waals surface area contributed by atoms with Crippen LogP contribution in [0.3, 0.4) is 0 Å². The lowest BCUT2D eigenvalue weighted by Gasteiger charge is -2.30. The van der Waals surface area contributed by atoms with Crippen LogP contribution in [0.5, 0.6) is 0 Å². The van der Waals surface area contributed by atoms with Crippen LogP contribution in [0.2, 0.25) is 5.02 Å². The molecule has 0 unspecified atom stereocenters. The Bertz CT molecular complexity index is 1550. The molecule has 1 N–H and O–H groups in total. The van der Waals surface area contributed by atoms with Gasteiger partial charge in [0.1, 0.15) is 20.9 Å². The van der Waals surface area contributed by atoms with E-state index in [4.69, 9.17) is 41.8 Å². The Labute approximate surface area is 262 Å². The van der Waals surface area contributed by atoms with Crippen LogP contribution in [0, 0.1) is 10.2 Å². The van der Waals surface area contributed by atoms with Gasteiger partial charge in [-0.15, -0.1) is 10.2 Å². The summed E-state index contributed by atoms with van der Waals surface area (Å²) in [5, 5.41) is 7.62. The molecule has 5 rings (SSSR count). The predicted octanol–water partition coefficient (Wildman–Crippen LogP) is 2.87. The van der Waals surface area contributed by atoms with Crippen molar-refractivity contribution >= 4 is 57.3 Å². The first-order valence-corrected chi connectivity index (χ1v) is 16.6. The van der Waals surface area contributed by atoms with Gasteiger partial charge in [0, 0.05) is 10.6 Å². The Morgan fingerprint density at radius 2 is 0.907 bits per heavy atom. The van der Waals surface area contributed by atoms with Crippen LogP contribution in [-0.2, 0) is 0 Å². The predicted molar refractivity (Wildman–Crippen MR) is 163 cm³/mol. The zero-order valence-corrected chi connectivity index (χ0v) is 25.6. The Kier molecular flexibility index (Phi) is 11.1. The molecule has 5 aromatic carbocycles. The Balaban J connectivity index is 0.000000782. The van der Waals surface area contributed by atoms with Gasteiger partial charge < -0.3 is 0 Å². The minimum atomic E-state index is -4.94. The fourth-order valence-corrected chi connectivity index (χ4v) is 9.48. The van der Waals surface area contributed by atoms with E-state index in [0.717, 1.165) is 21.5 Å². The number of halogens is 3. The molecule has 0 aromatic heterocycles. The third kappa shape index (κ3) is 8.30. The summed E-state index contributed by atoms with van der Waals surface area (Å²) in [5.74, 6) is -0.222. The number of rotatable bonds is 7. The fraction of sp³-hybridized carbons (Fsp3) is 0. The maximum Gasteiger partial charge on any atom is 0.258 e. The van der Waals surface area contributed by atoms with Gasteiger partial charge in [-0.2, -0.15) is 0 Å². The third-order valence-electron chi connectivity index (χ3n) is 6.34. The third-order valence-corrected chi connectivity index (χ3v) is 11.4. The summed E-state index contributed by atoms with van der Waals surface area (Å²) in [5.41, 5.74) is 1.99. The zero-order chi connectivity index (χ0) is 30.9. The smallest absolute Gasteiger partial charge is 0.258 e. The first-order valence-electron chi connectivity index (χ1n) is 12.8. The lowest BCUT2D eigenvalue weighted by molar-refractivity contribution is -2.00. The quantitative estimate of drug-likeness (QED) is 0.271. The van der Waals surface area contributed by atoms with Crippen LogP contribution in [0.15, 0.2) is 151 Å². The second-order valence-electron chi connectivity index (χ2n) is 9.05. The van der Waals surface area contributed by atoms with Crippen molar-refractivity contribution < 1.29 is 33.7 Å². The molecule has 0 heterocycles. The van der Waals surface area contributed by atoms with E-state index >= 15 is 0 Å². The summed E-state index contributed by atoms with van der Waals surface area (Å²) in [4.78, 5) is 13.8. The maximum absolute atomic E-state index is 13.8. The molecule has 218 valence electrons. The molecule has 43 heavy (non-hydrogen) atoms. The topological polar surface area (TPSA) is 121 Å². The molecule has 0 saturated carbocycles. The highest BCUT2D eigenvalue weighted by atomic mass is 35.7. The molecule has 0 saturated heterocycles. The highest BCUT2D eigenvalue weighted by molar-refractivity contribution is 7.99. The standard InChI is InChI=1S/C33H24Cl2NOP.ClHO4/c34-27-23-21-25(22-24-27)31(35)33(36-32(37)26-13-5-1-6-14-26)38(28-15-7-2-8-16-28,29-17-9-3-10-18-29)30-19-11-4-12-20-30;2-1(3,4)5/h1-24H;(H,2,3,4,5). The molecule has 0 aliphatic heterocycles. The summed E-state index contributed by atoms with van der Waals surface area (Å²) in [6.07, 6.45) is 0. The average molecular weight is 653 g/mol. The van der Waals surface area contributed by atoms with E-state index in [9.17, 15) is 4.79 Å². The van der Waals surface area contributed by atoms with E-state index in [0.29, 0.717) is 21.1 Å². The largest absolute Gasteiger partial charge is 0.291 e. The zero-order valence-electron chi connectivity index (χ0n) is 22.5. The SMILES string of the molecule is O=C(NC(=C(Cl)c1ccc(Cl)cc1)[P+](c1ccccc1)(c1ccccc1)c1ccccc1)c1ccccc1.[O-][Cl+3]([O-])([O-])[O-]. The van der Waals surface area contributed by atoms with Crippen LogP contribution in [-0.4, -0.2) is 5.91 Å². The highest BCUT2D eigenvalue weighted by Crippen LogP contribution is 2.63. The number of amides is 1. The number of carbonyl (C=O) groups is 1. The van der Waals surface area contributed by atoms with Crippen LogP contribution < -0.4 is 39.9 Å². The molecule has 0 aliphatic carbocycles. The second-order valence-corrected chi connectivity index (χ2v) is 14.0. The van der Waals surface area contributed by atoms with Gasteiger partial charge in [-0.1, -0.05) is 108 Å². The Morgan fingerprint density at radius 3 is 1.28 bits per heavy atom. The summed E-state index contributed by atoms with van der Waals surface area (Å²) in [6, 6.07) is 47.5. The molecule has 5 aromatic rings. The molecular formula is C33H25Cl3NO5P. The molecule has 6 nitrogen and oxygen atoms in total. The monoisotopic (exact) mass is 651 g/mol. The lowest BCUT2D eigenvalue weighted by atomic mass is 10.2. The average Bonchev–Trinajstić information content (AvgIpc) is 3.02. The molecule has 10 heteroatoms. The van der Waals surface area contributed by atoms with Crippen molar-refractivity contribution in [3.8, 4) is 0 Å². The van der Waals surface area contributed by atoms with Crippen molar-refractivity contribution in [1.82, 2.24) is 5.32 Å². The van der Waals surface area contributed by atoms with Gasteiger partial charge in [0.15, 0.2) is 12.7 Å². The number of nitrogens with one attached hydrogen (secondary N) is 1. The molecule has 0 aliphatic rings. The molecule has 1 amide bonds. The van der Waals surface area contributed by atoms with E-state index in [2.05, 4.69) is 41.7 Å². The van der Waals surface area contributed by atoms with Crippen molar-refractivity contribution in [1.29, 1.82) is 0 Å². The minimum absolute atomic E-state index is 0.222. The van der Waals surface area contributed by atoms with Crippen LogP contribution in [0.1, 0.15) is 15.9 Å². The van der Waals surface area contributed by atoms with Gasteiger partial charge in [-0.25, -0.2) is 18.6 Å². The van der Waals surface area contributed by atoms with Gasteiger partial charge in [0.2, 0.25) is 0 Å². The minimum Gasteiger partial charge on any atom is -0.291 e. The molecule has 0 atom stereocenters. The van der Waals surface area contributed by atoms with E-state index in [1.54, 1.807) is 12.1 Å². The number of carbonyl (C=O) groups excluding carboxylic acids is 1. The van der Waals surface area contributed by atoms with Crippen molar-refractivity contribution in [3.63, 3.8) is 0 Å². The normalized spacial score (nSPS) is 12.0. The Morgan fingerprint density at radius 1 is 0.558 bits per heavy atom.